The monoisotopic (exact) mass is 465 g/mol. The lowest BCUT2D eigenvalue weighted by Crippen LogP contribution is -2.07. The van der Waals surface area contributed by atoms with Crippen molar-refractivity contribution < 1.29 is 9.53 Å². The number of nitrogens with one attached hydrogen (secondary N) is 1. The average molecular weight is 467 g/mol. The lowest BCUT2D eigenvalue weighted by atomic mass is 9.99. The third-order valence-corrected chi connectivity index (χ3v) is 5.06. The SMILES string of the molecule is CC[C@H](C)c1ccc(NC(=O)/C=C/c2cc(Br)cc(Br)c2OC)cc1. The van der Waals surface area contributed by atoms with Gasteiger partial charge in [0, 0.05) is 21.8 Å². The van der Waals surface area contributed by atoms with E-state index in [2.05, 4.69) is 63.2 Å². The Morgan fingerprint density at radius 1 is 1.24 bits per heavy atom. The summed E-state index contributed by atoms with van der Waals surface area (Å²) in [6, 6.07) is 11.8. The molecule has 0 aliphatic heterocycles. The molecular formula is C20H21Br2NO2. The second kappa shape index (κ2) is 9.20. The Labute approximate surface area is 165 Å². The Bertz CT molecular complexity index is 770. The number of hydrogen-bond donors (Lipinski definition) is 1. The van der Waals surface area contributed by atoms with E-state index >= 15 is 0 Å². The molecule has 2 rings (SSSR count). The largest absolute Gasteiger partial charge is 0.495 e. The van der Waals surface area contributed by atoms with Crippen molar-refractivity contribution in [2.24, 2.45) is 0 Å². The number of amides is 1. The molecule has 0 fully saturated rings. The van der Waals surface area contributed by atoms with Crippen LogP contribution in [0.25, 0.3) is 6.08 Å². The van der Waals surface area contributed by atoms with Gasteiger partial charge in [0.1, 0.15) is 5.75 Å². The van der Waals surface area contributed by atoms with Gasteiger partial charge in [-0.2, -0.15) is 0 Å². The predicted octanol–water partition coefficient (Wildman–Crippen LogP) is 6.39. The van der Waals surface area contributed by atoms with Crippen LogP contribution in [0.5, 0.6) is 5.75 Å². The summed E-state index contributed by atoms with van der Waals surface area (Å²) >= 11 is 6.90. The maximum Gasteiger partial charge on any atom is 0.248 e. The molecule has 0 spiro atoms. The minimum absolute atomic E-state index is 0.186. The zero-order valence-electron chi connectivity index (χ0n) is 14.5. The Morgan fingerprint density at radius 2 is 1.92 bits per heavy atom. The van der Waals surface area contributed by atoms with Crippen LogP contribution in [-0.4, -0.2) is 13.0 Å². The molecule has 0 saturated carbocycles. The molecule has 1 atom stereocenters. The molecule has 0 aliphatic rings. The maximum absolute atomic E-state index is 12.2. The van der Waals surface area contributed by atoms with Gasteiger partial charge >= 0.3 is 0 Å². The second-order valence-electron chi connectivity index (χ2n) is 5.76. The number of anilines is 1. The fourth-order valence-electron chi connectivity index (χ4n) is 2.40. The highest BCUT2D eigenvalue weighted by Crippen LogP contribution is 2.33. The molecule has 0 aromatic heterocycles. The Balaban J connectivity index is 2.09. The zero-order chi connectivity index (χ0) is 18.4. The molecule has 2 aromatic carbocycles. The predicted molar refractivity (Wildman–Crippen MR) is 111 cm³/mol. The summed E-state index contributed by atoms with van der Waals surface area (Å²) in [6.45, 7) is 4.36. The summed E-state index contributed by atoms with van der Waals surface area (Å²) in [5.41, 5.74) is 2.87. The van der Waals surface area contributed by atoms with Gasteiger partial charge in [-0.15, -0.1) is 0 Å². The topological polar surface area (TPSA) is 38.3 Å². The van der Waals surface area contributed by atoms with Crippen molar-refractivity contribution in [3.05, 3.63) is 62.5 Å². The molecule has 0 aliphatic carbocycles. The van der Waals surface area contributed by atoms with Gasteiger partial charge < -0.3 is 10.1 Å². The molecule has 0 saturated heterocycles. The van der Waals surface area contributed by atoms with E-state index in [-0.39, 0.29) is 5.91 Å². The first-order chi connectivity index (χ1) is 11.9. The lowest BCUT2D eigenvalue weighted by molar-refractivity contribution is -0.111. The van der Waals surface area contributed by atoms with Gasteiger partial charge in [0.15, 0.2) is 0 Å². The van der Waals surface area contributed by atoms with Crippen LogP contribution in [0.3, 0.4) is 0 Å². The quantitative estimate of drug-likeness (QED) is 0.501. The van der Waals surface area contributed by atoms with E-state index in [1.165, 1.54) is 11.6 Å². The molecule has 5 heteroatoms. The van der Waals surface area contributed by atoms with E-state index in [0.717, 1.165) is 26.6 Å². The molecule has 3 nitrogen and oxygen atoms in total. The molecule has 0 unspecified atom stereocenters. The van der Waals surface area contributed by atoms with Crippen molar-refractivity contribution >= 4 is 49.5 Å². The van der Waals surface area contributed by atoms with Crippen LogP contribution in [0.2, 0.25) is 0 Å². The lowest BCUT2D eigenvalue weighted by Gasteiger charge is -2.10. The number of carbonyl (C=O) groups excluding carboxylic acids is 1. The van der Waals surface area contributed by atoms with Gasteiger partial charge in [0.05, 0.1) is 11.6 Å². The number of hydrogen-bond acceptors (Lipinski definition) is 2. The van der Waals surface area contributed by atoms with Crippen LogP contribution < -0.4 is 10.1 Å². The summed E-state index contributed by atoms with van der Waals surface area (Å²) in [6.07, 6.45) is 4.33. The molecule has 1 amide bonds. The van der Waals surface area contributed by atoms with Gasteiger partial charge in [-0.05, 0) is 64.2 Å². The summed E-state index contributed by atoms with van der Waals surface area (Å²) < 4.78 is 7.10. The highest BCUT2D eigenvalue weighted by atomic mass is 79.9. The van der Waals surface area contributed by atoms with E-state index in [1.54, 1.807) is 13.2 Å². The molecule has 25 heavy (non-hydrogen) atoms. The van der Waals surface area contributed by atoms with E-state index in [1.807, 2.05) is 24.3 Å². The van der Waals surface area contributed by atoms with Crippen molar-refractivity contribution in [2.75, 3.05) is 12.4 Å². The Morgan fingerprint density at radius 3 is 2.52 bits per heavy atom. The minimum Gasteiger partial charge on any atom is -0.495 e. The van der Waals surface area contributed by atoms with Crippen molar-refractivity contribution in [2.45, 2.75) is 26.2 Å². The summed E-state index contributed by atoms with van der Waals surface area (Å²) in [7, 11) is 1.60. The molecule has 132 valence electrons. The molecule has 0 bridgehead atoms. The van der Waals surface area contributed by atoms with E-state index in [4.69, 9.17) is 4.74 Å². The minimum atomic E-state index is -0.186. The standard InChI is InChI=1S/C20H21Br2NO2/c1-4-13(2)14-5-8-17(9-6-14)23-19(24)10-7-15-11-16(21)12-18(22)20(15)25-3/h5-13H,4H2,1-3H3,(H,23,24)/b10-7+/t13-/m0/s1. The van der Waals surface area contributed by atoms with E-state index in [9.17, 15) is 4.79 Å². The van der Waals surface area contributed by atoms with Crippen LogP contribution in [-0.2, 0) is 4.79 Å². The van der Waals surface area contributed by atoms with Crippen molar-refractivity contribution in [3.63, 3.8) is 0 Å². The van der Waals surface area contributed by atoms with Crippen molar-refractivity contribution in [1.29, 1.82) is 0 Å². The van der Waals surface area contributed by atoms with Crippen molar-refractivity contribution in [1.82, 2.24) is 0 Å². The first-order valence-corrected chi connectivity index (χ1v) is 9.65. The number of rotatable bonds is 6. The molecule has 0 heterocycles. The van der Waals surface area contributed by atoms with Gasteiger partial charge in [-0.1, -0.05) is 41.9 Å². The highest BCUT2D eigenvalue weighted by Gasteiger charge is 2.08. The van der Waals surface area contributed by atoms with Crippen LogP contribution in [0.4, 0.5) is 5.69 Å². The van der Waals surface area contributed by atoms with E-state index in [0.29, 0.717) is 11.7 Å². The molecule has 2 aromatic rings. The third-order valence-electron chi connectivity index (χ3n) is 4.02. The zero-order valence-corrected chi connectivity index (χ0v) is 17.6. The third kappa shape index (κ3) is 5.44. The van der Waals surface area contributed by atoms with Crippen LogP contribution in [0.1, 0.15) is 37.3 Å². The number of methoxy groups -OCH3 is 1. The number of benzene rings is 2. The smallest absolute Gasteiger partial charge is 0.248 e. The summed E-state index contributed by atoms with van der Waals surface area (Å²) in [5.74, 6) is 1.02. The maximum atomic E-state index is 12.2. The molecular weight excluding hydrogens is 446 g/mol. The summed E-state index contributed by atoms with van der Waals surface area (Å²) in [5, 5.41) is 2.87. The normalized spacial score (nSPS) is 12.2. The van der Waals surface area contributed by atoms with Gasteiger partial charge in [-0.25, -0.2) is 0 Å². The molecule has 1 N–H and O–H groups in total. The number of ether oxygens (including phenoxy) is 1. The van der Waals surface area contributed by atoms with Gasteiger partial charge in [0.25, 0.3) is 0 Å². The fraction of sp³-hybridized carbons (Fsp3) is 0.250. The van der Waals surface area contributed by atoms with Gasteiger partial charge in [-0.3, -0.25) is 4.79 Å². The van der Waals surface area contributed by atoms with E-state index < -0.39 is 0 Å². The Kier molecular flexibility index (Phi) is 7.26. The first kappa shape index (κ1) is 19.7. The van der Waals surface area contributed by atoms with Crippen LogP contribution in [0.15, 0.2) is 51.4 Å². The molecule has 0 radical (unpaired) electrons. The highest BCUT2D eigenvalue weighted by molar-refractivity contribution is 9.11. The fourth-order valence-corrected chi connectivity index (χ4v) is 3.82. The first-order valence-electron chi connectivity index (χ1n) is 8.06. The van der Waals surface area contributed by atoms with Crippen LogP contribution >= 0.6 is 31.9 Å². The number of carbonyl (C=O) groups is 1. The van der Waals surface area contributed by atoms with Gasteiger partial charge in [0.2, 0.25) is 5.91 Å². The summed E-state index contributed by atoms with van der Waals surface area (Å²) in [4.78, 5) is 12.2. The van der Waals surface area contributed by atoms with Crippen molar-refractivity contribution in [3.8, 4) is 5.75 Å². The number of halogens is 2. The second-order valence-corrected chi connectivity index (χ2v) is 7.53. The van der Waals surface area contributed by atoms with Crippen LogP contribution in [0, 0.1) is 0 Å². The Hall–Kier alpha value is -1.59. The average Bonchev–Trinajstić information content (AvgIpc) is 2.59.